The second kappa shape index (κ2) is 11.9. The Kier molecular flexibility index (Phi) is 8.72. The van der Waals surface area contributed by atoms with Gasteiger partial charge in [-0.2, -0.15) is 0 Å². The monoisotopic (exact) mass is 482 g/mol. The van der Waals surface area contributed by atoms with Crippen LogP contribution in [-0.4, -0.2) is 38.4 Å². The summed E-state index contributed by atoms with van der Waals surface area (Å²) in [6.07, 6.45) is 0.112. The van der Waals surface area contributed by atoms with Gasteiger partial charge >= 0.3 is 5.97 Å². The summed E-state index contributed by atoms with van der Waals surface area (Å²) in [4.78, 5) is 24.8. The van der Waals surface area contributed by atoms with Crippen LogP contribution in [-0.2, 0) is 27.4 Å². The van der Waals surface area contributed by atoms with E-state index in [2.05, 4.69) is 10.5 Å². The van der Waals surface area contributed by atoms with Gasteiger partial charge < -0.3 is 28.8 Å². The Morgan fingerprint density at radius 2 is 1.71 bits per heavy atom. The Hall–Kier alpha value is -4.01. The van der Waals surface area contributed by atoms with Gasteiger partial charge in [0.2, 0.25) is 5.91 Å². The van der Waals surface area contributed by atoms with E-state index in [1.807, 2.05) is 26.0 Å². The number of esters is 1. The fraction of sp³-hybridized carbons (Fsp3) is 0.346. The molecular formula is C26H30N2O7. The van der Waals surface area contributed by atoms with E-state index in [1.165, 1.54) is 21.3 Å². The van der Waals surface area contributed by atoms with Gasteiger partial charge in [-0.1, -0.05) is 23.4 Å². The average Bonchev–Trinajstić information content (AvgIpc) is 3.19. The smallest absolute Gasteiger partial charge is 0.307 e. The summed E-state index contributed by atoms with van der Waals surface area (Å²) in [7, 11) is 4.38. The molecule has 0 saturated heterocycles. The number of aryl methyl sites for hydroxylation is 2. The average molecular weight is 483 g/mol. The predicted molar refractivity (Wildman–Crippen MR) is 128 cm³/mol. The second-order valence-corrected chi connectivity index (χ2v) is 7.93. The molecule has 9 heteroatoms. The number of amides is 1. The van der Waals surface area contributed by atoms with Crippen molar-refractivity contribution in [2.75, 3.05) is 21.3 Å². The lowest BCUT2D eigenvalue weighted by Gasteiger charge is -2.20. The Morgan fingerprint density at radius 3 is 2.31 bits per heavy atom. The number of rotatable bonds is 11. The molecular weight excluding hydrogens is 452 g/mol. The van der Waals surface area contributed by atoms with Crippen molar-refractivity contribution in [3.63, 3.8) is 0 Å². The molecule has 186 valence electrons. The van der Waals surface area contributed by atoms with Crippen molar-refractivity contribution >= 4 is 11.9 Å². The number of hydrogen-bond donors (Lipinski definition) is 1. The lowest BCUT2D eigenvalue weighted by Crippen LogP contribution is -2.31. The number of methoxy groups -OCH3 is 3. The molecule has 0 aliphatic heterocycles. The first-order valence-electron chi connectivity index (χ1n) is 11.1. The minimum Gasteiger partial charge on any atom is -0.493 e. The summed E-state index contributed by atoms with van der Waals surface area (Å²) in [5, 5.41) is 6.84. The quantitative estimate of drug-likeness (QED) is 0.411. The minimum absolute atomic E-state index is 0.0216. The highest BCUT2D eigenvalue weighted by Gasteiger charge is 2.21. The van der Waals surface area contributed by atoms with Crippen LogP contribution in [0.15, 0.2) is 47.0 Å². The number of carbonyl (C=O) groups is 2. The predicted octanol–water partition coefficient (Wildman–Crippen LogP) is 3.85. The van der Waals surface area contributed by atoms with E-state index in [0.717, 1.165) is 22.6 Å². The van der Waals surface area contributed by atoms with E-state index in [0.29, 0.717) is 29.4 Å². The van der Waals surface area contributed by atoms with Gasteiger partial charge in [0.1, 0.15) is 18.1 Å². The molecule has 0 bridgehead atoms. The molecule has 1 atom stereocenters. The third-order valence-electron chi connectivity index (χ3n) is 5.60. The van der Waals surface area contributed by atoms with Crippen LogP contribution in [0, 0.1) is 13.8 Å². The molecule has 3 aromatic rings. The molecule has 1 aromatic heterocycles. The molecule has 0 radical (unpaired) electrons. The van der Waals surface area contributed by atoms with Crippen LogP contribution >= 0.6 is 0 Å². The molecule has 0 aliphatic rings. The Morgan fingerprint density at radius 1 is 1.00 bits per heavy atom. The number of nitrogens with zero attached hydrogens (tertiary/aromatic N) is 1. The summed E-state index contributed by atoms with van der Waals surface area (Å²) < 4.78 is 26.4. The van der Waals surface area contributed by atoms with Crippen LogP contribution in [0.5, 0.6) is 17.2 Å². The molecule has 1 heterocycles. The molecule has 0 saturated carbocycles. The number of nitrogens with one attached hydrogen (secondary N) is 1. The van der Waals surface area contributed by atoms with Gasteiger partial charge in [-0.05, 0) is 49.2 Å². The highest BCUT2D eigenvalue weighted by molar-refractivity contribution is 5.80. The van der Waals surface area contributed by atoms with Gasteiger partial charge in [0.05, 0.1) is 51.5 Å². The van der Waals surface area contributed by atoms with Crippen LogP contribution in [0.1, 0.15) is 40.6 Å². The number of aromatic nitrogens is 1. The summed E-state index contributed by atoms with van der Waals surface area (Å²) in [6, 6.07) is 11.9. The van der Waals surface area contributed by atoms with Gasteiger partial charge in [0.15, 0.2) is 11.5 Å². The molecule has 1 amide bonds. The standard InChI is InChI=1S/C26H30N2O7/c1-16-21(17(2)35-28-16)15-34-20-9-6-18(7-10-20)12-25(29)27-22(14-26(30)33-5)19-8-11-23(31-3)24(13-19)32-4/h6-11,13,22H,12,14-15H2,1-5H3,(H,27,29). The SMILES string of the molecule is COC(=O)CC(NC(=O)Cc1ccc(OCc2c(C)noc2C)cc1)c1ccc(OC)c(OC)c1. The minimum atomic E-state index is -0.590. The third kappa shape index (κ3) is 6.75. The zero-order chi connectivity index (χ0) is 25.4. The van der Waals surface area contributed by atoms with Crippen LogP contribution in [0.25, 0.3) is 0 Å². The van der Waals surface area contributed by atoms with Gasteiger partial charge in [-0.3, -0.25) is 9.59 Å². The molecule has 1 unspecified atom stereocenters. The molecule has 2 aromatic carbocycles. The van der Waals surface area contributed by atoms with Gasteiger partial charge in [-0.15, -0.1) is 0 Å². The second-order valence-electron chi connectivity index (χ2n) is 7.93. The Labute approximate surface area is 204 Å². The normalized spacial score (nSPS) is 11.5. The molecule has 35 heavy (non-hydrogen) atoms. The van der Waals surface area contributed by atoms with Gasteiger partial charge in [-0.25, -0.2) is 0 Å². The fourth-order valence-electron chi connectivity index (χ4n) is 3.57. The van der Waals surface area contributed by atoms with E-state index >= 15 is 0 Å². The zero-order valence-corrected chi connectivity index (χ0v) is 20.5. The maximum absolute atomic E-state index is 12.8. The number of hydrogen-bond acceptors (Lipinski definition) is 8. The third-order valence-corrected chi connectivity index (χ3v) is 5.60. The first-order chi connectivity index (χ1) is 16.8. The van der Waals surface area contributed by atoms with Crippen LogP contribution in [0.4, 0.5) is 0 Å². The van der Waals surface area contributed by atoms with Crippen molar-refractivity contribution < 1.29 is 33.1 Å². The number of carbonyl (C=O) groups excluding carboxylic acids is 2. The maximum atomic E-state index is 12.8. The van der Waals surface area contributed by atoms with Crippen molar-refractivity contribution in [1.82, 2.24) is 10.5 Å². The highest BCUT2D eigenvalue weighted by Crippen LogP contribution is 2.31. The van der Waals surface area contributed by atoms with E-state index in [4.69, 9.17) is 23.5 Å². The molecule has 0 spiro atoms. The van der Waals surface area contributed by atoms with E-state index < -0.39 is 12.0 Å². The zero-order valence-electron chi connectivity index (χ0n) is 20.5. The summed E-state index contributed by atoms with van der Waals surface area (Å²) in [5.74, 6) is 1.77. The van der Waals surface area contributed by atoms with Crippen molar-refractivity contribution in [1.29, 1.82) is 0 Å². The highest BCUT2D eigenvalue weighted by atomic mass is 16.5. The fourth-order valence-corrected chi connectivity index (χ4v) is 3.57. The van der Waals surface area contributed by atoms with Crippen LogP contribution < -0.4 is 19.5 Å². The van der Waals surface area contributed by atoms with Crippen molar-refractivity contribution in [3.05, 3.63) is 70.6 Å². The molecule has 3 rings (SSSR count). The van der Waals surface area contributed by atoms with E-state index in [9.17, 15) is 9.59 Å². The van der Waals surface area contributed by atoms with E-state index in [-0.39, 0.29) is 18.7 Å². The Bertz CT molecular complexity index is 1140. The summed E-state index contributed by atoms with van der Waals surface area (Å²) in [5.41, 5.74) is 3.22. The molecule has 0 fully saturated rings. The lowest BCUT2D eigenvalue weighted by atomic mass is 10.0. The first-order valence-corrected chi connectivity index (χ1v) is 11.1. The first kappa shape index (κ1) is 25.6. The molecule has 9 nitrogen and oxygen atoms in total. The van der Waals surface area contributed by atoms with Gasteiger partial charge in [0, 0.05) is 0 Å². The summed E-state index contributed by atoms with van der Waals surface area (Å²) >= 11 is 0. The number of benzene rings is 2. The van der Waals surface area contributed by atoms with Gasteiger partial charge in [0.25, 0.3) is 0 Å². The molecule has 1 N–H and O–H groups in total. The topological polar surface area (TPSA) is 109 Å². The molecule has 0 aliphatic carbocycles. The largest absolute Gasteiger partial charge is 0.493 e. The van der Waals surface area contributed by atoms with E-state index in [1.54, 1.807) is 30.3 Å². The van der Waals surface area contributed by atoms with Crippen LogP contribution in [0.2, 0.25) is 0 Å². The van der Waals surface area contributed by atoms with Crippen LogP contribution in [0.3, 0.4) is 0 Å². The lowest BCUT2D eigenvalue weighted by molar-refractivity contribution is -0.141. The Balaban J connectivity index is 1.65. The van der Waals surface area contributed by atoms with Crippen molar-refractivity contribution in [3.8, 4) is 17.2 Å². The maximum Gasteiger partial charge on any atom is 0.307 e. The van der Waals surface area contributed by atoms with Crippen molar-refractivity contribution in [2.45, 2.75) is 39.3 Å². The van der Waals surface area contributed by atoms with Crippen molar-refractivity contribution in [2.24, 2.45) is 0 Å². The number of ether oxygens (including phenoxy) is 4. The summed E-state index contributed by atoms with van der Waals surface area (Å²) in [6.45, 7) is 4.06.